The highest BCUT2D eigenvalue weighted by Gasteiger charge is 2.27. The number of hydrogen-bond acceptors (Lipinski definition) is 5. The zero-order valence-electron chi connectivity index (χ0n) is 16.5. The van der Waals surface area contributed by atoms with Gasteiger partial charge >= 0.3 is 11.8 Å². The number of nitrogens with one attached hydrogen (secondary N) is 1. The molecule has 1 N–H and O–H groups in total. The lowest BCUT2D eigenvalue weighted by molar-refractivity contribution is -0.143. The van der Waals surface area contributed by atoms with Crippen molar-refractivity contribution in [3.63, 3.8) is 0 Å². The molecule has 148 valence electrons. The summed E-state index contributed by atoms with van der Waals surface area (Å²) in [5.41, 5.74) is 2.56. The molecule has 1 aliphatic rings. The summed E-state index contributed by atoms with van der Waals surface area (Å²) >= 11 is 0. The molecule has 1 fully saturated rings. The van der Waals surface area contributed by atoms with Crippen molar-refractivity contribution in [1.29, 1.82) is 0 Å². The number of carbonyl (C=O) groups is 2. The first-order valence-corrected chi connectivity index (χ1v) is 9.25. The van der Waals surface area contributed by atoms with Gasteiger partial charge in [0.05, 0.1) is 12.8 Å². The molecule has 0 unspecified atom stereocenters. The van der Waals surface area contributed by atoms with Crippen molar-refractivity contribution in [2.75, 3.05) is 62.5 Å². The minimum absolute atomic E-state index is 0.488. The molecule has 2 aromatic carbocycles. The molecule has 2 aromatic rings. The van der Waals surface area contributed by atoms with Gasteiger partial charge in [-0.1, -0.05) is 18.2 Å². The number of para-hydroxylation sites is 2. The van der Waals surface area contributed by atoms with E-state index in [0.29, 0.717) is 31.9 Å². The first-order chi connectivity index (χ1) is 13.5. The lowest BCUT2D eigenvalue weighted by Crippen LogP contribution is -2.51. The summed E-state index contributed by atoms with van der Waals surface area (Å²) in [6, 6.07) is 15.2. The minimum Gasteiger partial charge on any atom is -0.495 e. The normalized spacial score (nSPS) is 13.8. The fourth-order valence-electron chi connectivity index (χ4n) is 3.23. The summed E-state index contributed by atoms with van der Waals surface area (Å²) in [6.07, 6.45) is 0. The van der Waals surface area contributed by atoms with E-state index < -0.39 is 11.8 Å². The van der Waals surface area contributed by atoms with E-state index in [-0.39, 0.29) is 0 Å². The third kappa shape index (κ3) is 4.36. The molecule has 0 radical (unpaired) electrons. The third-order valence-corrected chi connectivity index (χ3v) is 4.81. The number of amides is 2. The van der Waals surface area contributed by atoms with E-state index in [0.717, 1.165) is 17.1 Å². The van der Waals surface area contributed by atoms with Gasteiger partial charge in [-0.2, -0.15) is 0 Å². The molecule has 0 bridgehead atoms. The third-order valence-electron chi connectivity index (χ3n) is 4.81. The van der Waals surface area contributed by atoms with E-state index >= 15 is 0 Å². The monoisotopic (exact) mass is 382 g/mol. The smallest absolute Gasteiger partial charge is 0.313 e. The average Bonchev–Trinajstić information content (AvgIpc) is 2.73. The zero-order valence-corrected chi connectivity index (χ0v) is 16.5. The standard InChI is InChI=1S/C21H26N4O3/c1-23(2)17-8-6-7-16(15-17)22-20(26)21(27)25-13-11-24(12-14-25)18-9-4-5-10-19(18)28-3/h4-10,15H,11-14H2,1-3H3,(H,22,26). The molecule has 1 aliphatic heterocycles. The Kier molecular flexibility index (Phi) is 6.03. The number of piperazine rings is 1. The maximum absolute atomic E-state index is 12.5. The van der Waals surface area contributed by atoms with Gasteiger partial charge in [0.2, 0.25) is 0 Å². The Bertz CT molecular complexity index is 845. The van der Waals surface area contributed by atoms with E-state index in [2.05, 4.69) is 10.2 Å². The van der Waals surface area contributed by atoms with Gasteiger partial charge in [0.25, 0.3) is 0 Å². The molecule has 0 saturated carbocycles. The molecule has 2 amide bonds. The second-order valence-corrected chi connectivity index (χ2v) is 6.85. The highest BCUT2D eigenvalue weighted by Crippen LogP contribution is 2.28. The lowest BCUT2D eigenvalue weighted by Gasteiger charge is -2.36. The van der Waals surface area contributed by atoms with Gasteiger partial charge in [-0.05, 0) is 30.3 Å². The van der Waals surface area contributed by atoms with Crippen molar-refractivity contribution >= 4 is 28.9 Å². The van der Waals surface area contributed by atoms with Crippen molar-refractivity contribution in [2.24, 2.45) is 0 Å². The second-order valence-electron chi connectivity index (χ2n) is 6.85. The molecule has 0 aliphatic carbocycles. The van der Waals surface area contributed by atoms with Crippen LogP contribution in [0, 0.1) is 0 Å². The highest BCUT2D eigenvalue weighted by molar-refractivity contribution is 6.39. The first kappa shape index (κ1) is 19.5. The van der Waals surface area contributed by atoms with Gasteiger partial charge in [0.1, 0.15) is 5.75 Å². The van der Waals surface area contributed by atoms with Crippen LogP contribution in [0.2, 0.25) is 0 Å². The number of anilines is 3. The van der Waals surface area contributed by atoms with Gasteiger partial charge in [-0.25, -0.2) is 0 Å². The zero-order chi connectivity index (χ0) is 20.1. The van der Waals surface area contributed by atoms with E-state index in [1.54, 1.807) is 18.1 Å². The van der Waals surface area contributed by atoms with Crippen LogP contribution in [0.25, 0.3) is 0 Å². The van der Waals surface area contributed by atoms with Crippen molar-refractivity contribution < 1.29 is 14.3 Å². The maximum Gasteiger partial charge on any atom is 0.313 e. The Labute approximate surface area is 165 Å². The predicted octanol–water partition coefficient (Wildman–Crippen LogP) is 2.05. The molecule has 0 spiro atoms. The molecule has 3 rings (SSSR count). The van der Waals surface area contributed by atoms with Crippen molar-refractivity contribution in [2.45, 2.75) is 0 Å². The summed E-state index contributed by atoms with van der Waals surface area (Å²) in [5, 5.41) is 2.70. The van der Waals surface area contributed by atoms with Crippen molar-refractivity contribution in [3.8, 4) is 5.75 Å². The molecule has 0 aromatic heterocycles. The number of benzene rings is 2. The van der Waals surface area contributed by atoms with E-state index in [1.165, 1.54) is 0 Å². The summed E-state index contributed by atoms with van der Waals surface area (Å²) in [6.45, 7) is 2.27. The summed E-state index contributed by atoms with van der Waals surface area (Å²) in [4.78, 5) is 30.6. The van der Waals surface area contributed by atoms with Crippen molar-refractivity contribution in [3.05, 3.63) is 48.5 Å². The van der Waals surface area contributed by atoms with Crippen LogP contribution in [-0.4, -0.2) is 64.1 Å². The van der Waals surface area contributed by atoms with E-state index in [9.17, 15) is 9.59 Å². The molecular formula is C21H26N4O3. The fraction of sp³-hybridized carbons (Fsp3) is 0.333. The van der Waals surface area contributed by atoms with E-state index in [1.807, 2.05) is 61.5 Å². The molecule has 1 heterocycles. The summed E-state index contributed by atoms with van der Waals surface area (Å²) < 4.78 is 5.41. The molecule has 7 heteroatoms. The van der Waals surface area contributed by atoms with Crippen LogP contribution < -0.4 is 19.9 Å². The van der Waals surface area contributed by atoms with Crippen LogP contribution in [0.3, 0.4) is 0 Å². The van der Waals surface area contributed by atoms with Gasteiger partial charge in [-0.3, -0.25) is 9.59 Å². The topological polar surface area (TPSA) is 65.1 Å². The van der Waals surface area contributed by atoms with Crippen LogP contribution >= 0.6 is 0 Å². The average molecular weight is 382 g/mol. The SMILES string of the molecule is COc1ccccc1N1CCN(C(=O)C(=O)Nc2cccc(N(C)C)c2)CC1. The minimum atomic E-state index is -0.610. The molecule has 1 saturated heterocycles. The van der Waals surface area contributed by atoms with E-state index in [4.69, 9.17) is 4.74 Å². The number of carbonyl (C=O) groups excluding carboxylic acids is 2. The maximum atomic E-state index is 12.5. The Hall–Kier alpha value is -3.22. The molecular weight excluding hydrogens is 356 g/mol. The quantitative estimate of drug-likeness (QED) is 0.820. The Morgan fingerprint density at radius 1 is 1.00 bits per heavy atom. The van der Waals surface area contributed by atoms with Crippen molar-refractivity contribution in [1.82, 2.24) is 4.90 Å². The summed E-state index contributed by atoms with van der Waals surface area (Å²) in [5.74, 6) is -0.308. The van der Waals surface area contributed by atoms with Crippen LogP contribution in [0.15, 0.2) is 48.5 Å². The van der Waals surface area contributed by atoms with Gasteiger partial charge < -0.3 is 24.8 Å². The van der Waals surface area contributed by atoms with Crippen LogP contribution in [-0.2, 0) is 9.59 Å². The molecule has 7 nitrogen and oxygen atoms in total. The van der Waals surface area contributed by atoms with Crippen LogP contribution in [0.5, 0.6) is 5.75 Å². The summed E-state index contributed by atoms with van der Waals surface area (Å²) in [7, 11) is 5.49. The van der Waals surface area contributed by atoms with Gasteiger partial charge in [0, 0.05) is 51.6 Å². The number of nitrogens with zero attached hydrogens (tertiary/aromatic N) is 3. The number of rotatable bonds is 4. The molecule has 0 atom stereocenters. The Morgan fingerprint density at radius 2 is 1.71 bits per heavy atom. The lowest BCUT2D eigenvalue weighted by atomic mass is 10.2. The Balaban J connectivity index is 1.59. The van der Waals surface area contributed by atoms with Gasteiger partial charge in [-0.15, -0.1) is 0 Å². The highest BCUT2D eigenvalue weighted by atomic mass is 16.5. The van der Waals surface area contributed by atoms with Crippen LogP contribution in [0.4, 0.5) is 17.1 Å². The largest absolute Gasteiger partial charge is 0.495 e. The second kappa shape index (κ2) is 8.65. The first-order valence-electron chi connectivity index (χ1n) is 9.25. The Morgan fingerprint density at radius 3 is 2.39 bits per heavy atom. The fourth-order valence-corrected chi connectivity index (χ4v) is 3.23. The number of hydrogen-bond donors (Lipinski definition) is 1. The van der Waals surface area contributed by atoms with Crippen LogP contribution in [0.1, 0.15) is 0 Å². The molecule has 28 heavy (non-hydrogen) atoms. The number of ether oxygens (including phenoxy) is 1. The predicted molar refractivity (Wildman–Crippen MR) is 111 cm³/mol. The van der Waals surface area contributed by atoms with Gasteiger partial charge in [0.15, 0.2) is 0 Å². The number of methoxy groups -OCH3 is 1.